The van der Waals surface area contributed by atoms with Crippen LogP contribution >= 0.6 is 0 Å². The molecule has 0 aromatic heterocycles. The zero-order valence-corrected chi connectivity index (χ0v) is 9.00. The highest BCUT2D eigenvalue weighted by Crippen LogP contribution is 2.03. The van der Waals surface area contributed by atoms with E-state index in [4.69, 9.17) is 16.2 Å². The number of unbranched alkanes of at least 4 members (excludes halogenated alkanes) is 1. The second kappa shape index (κ2) is 9.12. The van der Waals surface area contributed by atoms with E-state index in [-0.39, 0.29) is 11.8 Å². The van der Waals surface area contributed by atoms with Gasteiger partial charge in [0.15, 0.2) is 0 Å². The zero-order valence-electron chi connectivity index (χ0n) is 9.00. The number of nitrogens with two attached hydrogens (primary N) is 2. The molecule has 1 atom stereocenters. The van der Waals surface area contributed by atoms with Crippen molar-refractivity contribution in [1.29, 1.82) is 0 Å². The Balaban J connectivity index is 3.44. The van der Waals surface area contributed by atoms with E-state index in [1.54, 1.807) is 7.11 Å². The summed E-state index contributed by atoms with van der Waals surface area (Å²) in [5.74, 6) is 0.138. The van der Waals surface area contributed by atoms with Crippen molar-refractivity contribution in [2.75, 3.05) is 20.3 Å². The number of carbonyl (C=O) groups excluding carboxylic acids is 1. The fraction of sp³-hybridized carbons (Fsp3) is 0.900. The molecular formula is C10H22N2O2. The van der Waals surface area contributed by atoms with E-state index in [0.717, 1.165) is 25.7 Å². The highest BCUT2D eigenvalue weighted by atomic mass is 16.5. The van der Waals surface area contributed by atoms with Crippen LogP contribution in [0.5, 0.6) is 0 Å². The lowest BCUT2D eigenvalue weighted by atomic mass is 10.0. The van der Waals surface area contributed by atoms with Gasteiger partial charge in [0.2, 0.25) is 0 Å². The summed E-state index contributed by atoms with van der Waals surface area (Å²) < 4.78 is 4.86. The molecular weight excluding hydrogens is 180 g/mol. The fourth-order valence-corrected chi connectivity index (χ4v) is 1.25. The van der Waals surface area contributed by atoms with Crippen molar-refractivity contribution in [3.8, 4) is 0 Å². The molecule has 0 heterocycles. The van der Waals surface area contributed by atoms with Crippen LogP contribution < -0.4 is 11.5 Å². The lowest BCUT2D eigenvalue weighted by Gasteiger charge is -2.09. The van der Waals surface area contributed by atoms with Crippen molar-refractivity contribution < 1.29 is 9.53 Å². The van der Waals surface area contributed by atoms with Gasteiger partial charge in [-0.15, -0.1) is 0 Å². The Bertz CT molecular complexity index is 151. The predicted molar refractivity (Wildman–Crippen MR) is 57.0 cm³/mol. The Morgan fingerprint density at radius 3 is 2.64 bits per heavy atom. The minimum atomic E-state index is -0.307. The van der Waals surface area contributed by atoms with Crippen LogP contribution in [0.25, 0.3) is 0 Å². The van der Waals surface area contributed by atoms with Crippen LogP contribution in [0.15, 0.2) is 0 Å². The first-order valence-electron chi connectivity index (χ1n) is 5.19. The van der Waals surface area contributed by atoms with Gasteiger partial charge in [-0.1, -0.05) is 6.42 Å². The molecule has 14 heavy (non-hydrogen) atoms. The first-order chi connectivity index (χ1) is 6.72. The van der Waals surface area contributed by atoms with Gasteiger partial charge in [-0.05, 0) is 25.8 Å². The van der Waals surface area contributed by atoms with E-state index in [1.807, 2.05) is 0 Å². The van der Waals surface area contributed by atoms with Crippen molar-refractivity contribution in [3.63, 3.8) is 0 Å². The van der Waals surface area contributed by atoms with Crippen LogP contribution in [0.3, 0.4) is 0 Å². The van der Waals surface area contributed by atoms with Gasteiger partial charge in [-0.3, -0.25) is 4.79 Å². The van der Waals surface area contributed by atoms with Crippen molar-refractivity contribution >= 4 is 5.78 Å². The molecule has 0 aliphatic carbocycles. The molecule has 1 unspecified atom stereocenters. The first-order valence-corrected chi connectivity index (χ1v) is 5.19. The molecule has 4 heteroatoms. The van der Waals surface area contributed by atoms with Crippen molar-refractivity contribution in [1.82, 2.24) is 0 Å². The van der Waals surface area contributed by atoms with E-state index >= 15 is 0 Å². The molecule has 0 spiro atoms. The van der Waals surface area contributed by atoms with Crippen molar-refractivity contribution in [2.45, 2.75) is 38.1 Å². The van der Waals surface area contributed by atoms with Gasteiger partial charge in [-0.2, -0.15) is 0 Å². The fourth-order valence-electron chi connectivity index (χ4n) is 1.25. The van der Waals surface area contributed by atoms with Crippen molar-refractivity contribution in [3.05, 3.63) is 0 Å². The normalized spacial score (nSPS) is 12.8. The summed E-state index contributed by atoms with van der Waals surface area (Å²) in [6.07, 6.45) is 3.92. The topological polar surface area (TPSA) is 78.3 Å². The summed E-state index contributed by atoms with van der Waals surface area (Å²) >= 11 is 0. The van der Waals surface area contributed by atoms with Gasteiger partial charge in [-0.25, -0.2) is 0 Å². The maximum absolute atomic E-state index is 11.4. The highest BCUT2D eigenvalue weighted by molar-refractivity contribution is 5.83. The van der Waals surface area contributed by atoms with Crippen LogP contribution in [0.2, 0.25) is 0 Å². The molecule has 0 aliphatic heterocycles. The van der Waals surface area contributed by atoms with Gasteiger partial charge >= 0.3 is 0 Å². The number of ketones is 1. The third-order valence-corrected chi connectivity index (χ3v) is 2.15. The summed E-state index contributed by atoms with van der Waals surface area (Å²) in [5.41, 5.74) is 11.1. The van der Waals surface area contributed by atoms with Crippen LogP contribution in [0, 0.1) is 0 Å². The number of ether oxygens (including phenoxy) is 1. The average Bonchev–Trinajstić information content (AvgIpc) is 2.18. The highest BCUT2D eigenvalue weighted by Gasteiger charge is 2.11. The Labute approximate surface area is 86.0 Å². The average molecular weight is 202 g/mol. The summed E-state index contributed by atoms with van der Waals surface area (Å²) in [5, 5.41) is 0. The molecule has 0 amide bonds. The molecule has 0 aromatic rings. The number of carbonyl (C=O) groups is 1. The molecule has 0 fully saturated rings. The van der Waals surface area contributed by atoms with Crippen LogP contribution in [0.1, 0.15) is 32.1 Å². The third kappa shape index (κ3) is 7.00. The maximum atomic E-state index is 11.4. The smallest absolute Gasteiger partial charge is 0.149 e. The minimum Gasteiger partial charge on any atom is -0.385 e. The standard InChI is InChI=1S/C10H22N2O2/c1-14-8-4-6-10(13)9(12)5-2-3-7-11/h9H,2-8,11-12H2,1H3. The number of methoxy groups -OCH3 is 1. The molecule has 4 N–H and O–H groups in total. The van der Waals surface area contributed by atoms with E-state index < -0.39 is 0 Å². The van der Waals surface area contributed by atoms with Crippen molar-refractivity contribution in [2.24, 2.45) is 11.5 Å². The minimum absolute atomic E-state index is 0.138. The van der Waals surface area contributed by atoms with E-state index in [9.17, 15) is 4.79 Å². The molecule has 0 aliphatic rings. The lowest BCUT2D eigenvalue weighted by molar-refractivity contribution is -0.120. The number of rotatable bonds is 9. The second-order valence-corrected chi connectivity index (χ2v) is 3.45. The van der Waals surface area contributed by atoms with Crippen LogP contribution in [-0.2, 0) is 9.53 Å². The molecule has 4 nitrogen and oxygen atoms in total. The third-order valence-electron chi connectivity index (χ3n) is 2.15. The molecule has 0 rings (SSSR count). The van der Waals surface area contributed by atoms with E-state index in [0.29, 0.717) is 19.6 Å². The predicted octanol–water partition coefficient (Wildman–Crippen LogP) is 0.438. The van der Waals surface area contributed by atoms with E-state index in [1.165, 1.54) is 0 Å². The van der Waals surface area contributed by atoms with Crippen LogP contribution in [0.4, 0.5) is 0 Å². The SMILES string of the molecule is COCCCC(=O)C(N)CCCCN. The molecule has 0 radical (unpaired) electrons. The zero-order chi connectivity index (χ0) is 10.8. The number of hydrogen-bond donors (Lipinski definition) is 2. The molecule has 0 saturated carbocycles. The van der Waals surface area contributed by atoms with Gasteiger partial charge in [0.1, 0.15) is 5.78 Å². The van der Waals surface area contributed by atoms with Crippen LogP contribution in [-0.4, -0.2) is 32.1 Å². The quantitative estimate of drug-likeness (QED) is 0.532. The van der Waals surface area contributed by atoms with Gasteiger partial charge in [0.05, 0.1) is 6.04 Å². The number of Topliss-reactive ketones (excluding diaryl/α,β-unsaturated/α-hetero) is 1. The van der Waals surface area contributed by atoms with E-state index in [2.05, 4.69) is 0 Å². The Morgan fingerprint density at radius 2 is 2.07 bits per heavy atom. The number of hydrogen-bond acceptors (Lipinski definition) is 4. The Hall–Kier alpha value is -0.450. The Morgan fingerprint density at radius 1 is 1.36 bits per heavy atom. The Kier molecular flexibility index (Phi) is 8.83. The van der Waals surface area contributed by atoms with Gasteiger partial charge in [0.25, 0.3) is 0 Å². The van der Waals surface area contributed by atoms with Gasteiger partial charge < -0.3 is 16.2 Å². The second-order valence-electron chi connectivity index (χ2n) is 3.45. The molecule has 84 valence electrons. The monoisotopic (exact) mass is 202 g/mol. The van der Waals surface area contributed by atoms with Gasteiger partial charge in [0, 0.05) is 20.1 Å². The lowest BCUT2D eigenvalue weighted by Crippen LogP contribution is -2.30. The molecule has 0 saturated heterocycles. The summed E-state index contributed by atoms with van der Waals surface area (Å²) in [4.78, 5) is 11.4. The first kappa shape index (κ1) is 13.5. The largest absolute Gasteiger partial charge is 0.385 e. The maximum Gasteiger partial charge on any atom is 0.149 e. The summed E-state index contributed by atoms with van der Waals surface area (Å²) in [6, 6.07) is -0.307. The molecule has 0 aromatic carbocycles. The summed E-state index contributed by atoms with van der Waals surface area (Å²) in [6.45, 7) is 1.30. The molecule has 0 bridgehead atoms. The summed E-state index contributed by atoms with van der Waals surface area (Å²) in [7, 11) is 1.63.